The molecule has 0 atom stereocenters. The van der Waals surface area contributed by atoms with Gasteiger partial charge in [0.2, 0.25) is 0 Å². The van der Waals surface area contributed by atoms with Crippen molar-refractivity contribution in [3.63, 3.8) is 0 Å². The minimum absolute atomic E-state index is 0.100. The van der Waals surface area contributed by atoms with E-state index in [9.17, 15) is 4.79 Å². The highest BCUT2D eigenvalue weighted by molar-refractivity contribution is 5.93. The van der Waals surface area contributed by atoms with E-state index < -0.39 is 0 Å². The van der Waals surface area contributed by atoms with Crippen LogP contribution in [-0.2, 0) is 11.3 Å². The molecular weight excluding hydrogens is 336 g/mol. The molecule has 0 spiro atoms. The van der Waals surface area contributed by atoms with Crippen LogP contribution in [0.15, 0.2) is 42.5 Å². The van der Waals surface area contributed by atoms with E-state index in [1.165, 1.54) is 18.4 Å². The topological polar surface area (TPSA) is 38.3 Å². The molecule has 2 aromatic carbocycles. The maximum Gasteiger partial charge on any atom is 0.279 e. The summed E-state index contributed by atoms with van der Waals surface area (Å²) in [5.41, 5.74) is 4.31. The third-order valence-corrected chi connectivity index (χ3v) is 5.44. The molecule has 0 bridgehead atoms. The molecule has 1 fully saturated rings. The zero-order chi connectivity index (χ0) is 19.3. The zero-order valence-corrected chi connectivity index (χ0v) is 16.8. The average Bonchev–Trinajstić information content (AvgIpc) is 3.07. The quantitative estimate of drug-likeness (QED) is 0.734. The lowest BCUT2D eigenvalue weighted by Gasteiger charge is -2.33. The monoisotopic (exact) mass is 367 g/mol. The van der Waals surface area contributed by atoms with Gasteiger partial charge >= 0.3 is 0 Å². The lowest BCUT2D eigenvalue weighted by atomic mass is 10.1. The van der Waals surface area contributed by atoms with Crippen molar-refractivity contribution < 1.29 is 14.0 Å². The van der Waals surface area contributed by atoms with Gasteiger partial charge in [-0.05, 0) is 44.0 Å². The van der Waals surface area contributed by atoms with E-state index in [0.717, 1.165) is 46.7 Å². The Balaban J connectivity index is 1.72. The number of carbonyl (C=O) groups excluding carboxylic acids is 1. The highest BCUT2D eigenvalue weighted by Gasteiger charge is 2.34. The second-order valence-electron chi connectivity index (χ2n) is 7.71. The Morgan fingerprint density at radius 2 is 1.70 bits per heavy atom. The standard InChI is InChI=1S/C23H30N2O2/c1-4-27-21-14-18(2)23(19(3)15-21)24-22(26)17-25(12-8-9-13-25)16-20-10-6-5-7-11-20/h5-7,10-11,14-15H,4,8-9,12-13,16-17H2,1-3H3/p+1. The van der Waals surface area contributed by atoms with E-state index >= 15 is 0 Å². The molecule has 1 N–H and O–H groups in total. The van der Waals surface area contributed by atoms with Crippen LogP contribution in [0, 0.1) is 13.8 Å². The number of hydrogen-bond acceptors (Lipinski definition) is 2. The molecule has 4 nitrogen and oxygen atoms in total. The number of ether oxygens (including phenoxy) is 1. The minimum Gasteiger partial charge on any atom is -0.494 e. The summed E-state index contributed by atoms with van der Waals surface area (Å²) in [6, 6.07) is 14.5. The normalized spacial score (nSPS) is 15.5. The third kappa shape index (κ3) is 4.89. The molecule has 0 radical (unpaired) electrons. The molecule has 1 aliphatic rings. The highest BCUT2D eigenvalue weighted by Crippen LogP contribution is 2.28. The molecule has 0 aromatic heterocycles. The molecule has 144 valence electrons. The molecular formula is C23H31N2O2+. The third-order valence-electron chi connectivity index (χ3n) is 5.44. The molecule has 0 unspecified atom stereocenters. The number of hydrogen-bond donors (Lipinski definition) is 1. The van der Waals surface area contributed by atoms with Crippen LogP contribution in [0.5, 0.6) is 5.75 Å². The molecule has 1 amide bonds. The van der Waals surface area contributed by atoms with Gasteiger partial charge in [-0.15, -0.1) is 0 Å². The van der Waals surface area contributed by atoms with Crippen molar-refractivity contribution in [2.45, 2.75) is 40.2 Å². The lowest BCUT2D eigenvalue weighted by Crippen LogP contribution is -2.49. The van der Waals surface area contributed by atoms with E-state index in [2.05, 4.69) is 29.6 Å². The molecule has 27 heavy (non-hydrogen) atoms. The van der Waals surface area contributed by atoms with E-state index in [1.54, 1.807) is 0 Å². The fourth-order valence-corrected chi connectivity index (χ4v) is 4.20. The van der Waals surface area contributed by atoms with E-state index in [0.29, 0.717) is 13.2 Å². The summed E-state index contributed by atoms with van der Waals surface area (Å²) >= 11 is 0. The number of rotatable bonds is 7. The van der Waals surface area contributed by atoms with Crippen molar-refractivity contribution in [1.82, 2.24) is 0 Å². The zero-order valence-electron chi connectivity index (χ0n) is 16.8. The van der Waals surface area contributed by atoms with Gasteiger partial charge in [0.25, 0.3) is 5.91 Å². The summed E-state index contributed by atoms with van der Waals surface area (Å²) in [5, 5.41) is 3.18. The van der Waals surface area contributed by atoms with Crippen LogP contribution in [0.1, 0.15) is 36.5 Å². The Bertz CT molecular complexity index is 757. The van der Waals surface area contributed by atoms with Gasteiger partial charge in [0.05, 0.1) is 19.7 Å². The van der Waals surface area contributed by atoms with Gasteiger partial charge < -0.3 is 14.5 Å². The number of anilines is 1. The minimum atomic E-state index is 0.100. The number of likely N-dealkylation sites (tertiary alicyclic amines) is 1. The SMILES string of the molecule is CCOc1cc(C)c(NC(=O)C[N+]2(Cc3ccccc3)CCCC2)c(C)c1. The predicted molar refractivity (Wildman–Crippen MR) is 110 cm³/mol. The smallest absolute Gasteiger partial charge is 0.279 e. The molecule has 3 rings (SSSR count). The van der Waals surface area contributed by atoms with Gasteiger partial charge in [-0.25, -0.2) is 0 Å². The Morgan fingerprint density at radius 3 is 2.30 bits per heavy atom. The molecule has 0 saturated carbocycles. The van der Waals surface area contributed by atoms with Crippen LogP contribution >= 0.6 is 0 Å². The first kappa shape index (κ1) is 19.4. The average molecular weight is 368 g/mol. The number of carbonyl (C=O) groups is 1. The largest absolute Gasteiger partial charge is 0.494 e. The summed E-state index contributed by atoms with van der Waals surface area (Å²) in [6.07, 6.45) is 2.39. The molecule has 2 aromatic rings. The summed E-state index contributed by atoms with van der Waals surface area (Å²) in [6.45, 7) is 10.3. The van der Waals surface area contributed by atoms with Gasteiger partial charge in [-0.2, -0.15) is 0 Å². The summed E-state index contributed by atoms with van der Waals surface area (Å²) in [5.74, 6) is 0.959. The van der Waals surface area contributed by atoms with Crippen molar-refractivity contribution in [2.75, 3.05) is 31.6 Å². The van der Waals surface area contributed by atoms with E-state index in [-0.39, 0.29) is 5.91 Å². The van der Waals surface area contributed by atoms with Gasteiger partial charge in [-0.3, -0.25) is 4.79 Å². The van der Waals surface area contributed by atoms with Gasteiger partial charge in [-0.1, -0.05) is 30.3 Å². The first-order chi connectivity index (χ1) is 13.0. The summed E-state index contributed by atoms with van der Waals surface area (Å²) in [7, 11) is 0. The Labute approximate surface area is 162 Å². The summed E-state index contributed by atoms with van der Waals surface area (Å²) < 4.78 is 6.45. The molecule has 0 aliphatic carbocycles. The van der Waals surface area contributed by atoms with Crippen LogP contribution < -0.4 is 10.1 Å². The number of amides is 1. The van der Waals surface area contributed by atoms with Gasteiger partial charge in [0.15, 0.2) is 6.54 Å². The maximum atomic E-state index is 12.9. The van der Waals surface area contributed by atoms with Crippen LogP contribution in [-0.4, -0.2) is 36.6 Å². The maximum absolute atomic E-state index is 12.9. The Kier molecular flexibility index (Phi) is 6.17. The predicted octanol–water partition coefficient (Wildman–Crippen LogP) is 4.45. The Hall–Kier alpha value is -2.33. The van der Waals surface area contributed by atoms with E-state index in [1.807, 2.05) is 39.0 Å². The van der Waals surface area contributed by atoms with Gasteiger partial charge in [0, 0.05) is 24.1 Å². The van der Waals surface area contributed by atoms with Crippen LogP contribution in [0.2, 0.25) is 0 Å². The van der Waals surface area contributed by atoms with Crippen LogP contribution in [0.4, 0.5) is 5.69 Å². The van der Waals surface area contributed by atoms with Crippen molar-refractivity contribution >= 4 is 11.6 Å². The number of nitrogens with zero attached hydrogens (tertiary/aromatic N) is 1. The van der Waals surface area contributed by atoms with Crippen molar-refractivity contribution in [1.29, 1.82) is 0 Å². The number of benzene rings is 2. The van der Waals surface area contributed by atoms with Gasteiger partial charge in [0.1, 0.15) is 12.3 Å². The first-order valence-corrected chi connectivity index (χ1v) is 9.94. The van der Waals surface area contributed by atoms with E-state index in [4.69, 9.17) is 4.74 Å². The lowest BCUT2D eigenvalue weighted by molar-refractivity contribution is -0.922. The van der Waals surface area contributed by atoms with Crippen LogP contribution in [0.25, 0.3) is 0 Å². The van der Waals surface area contributed by atoms with Crippen LogP contribution in [0.3, 0.4) is 0 Å². The first-order valence-electron chi connectivity index (χ1n) is 9.94. The molecule has 1 heterocycles. The molecule has 1 aliphatic heterocycles. The number of nitrogens with one attached hydrogen (secondary N) is 1. The highest BCUT2D eigenvalue weighted by atomic mass is 16.5. The second kappa shape index (κ2) is 8.57. The van der Waals surface area contributed by atoms with Crippen molar-refractivity contribution in [3.8, 4) is 5.75 Å². The summed E-state index contributed by atoms with van der Waals surface area (Å²) in [4.78, 5) is 12.9. The van der Waals surface area contributed by atoms with Crippen molar-refractivity contribution in [3.05, 3.63) is 59.2 Å². The number of quaternary nitrogens is 1. The molecule has 1 saturated heterocycles. The fourth-order valence-electron chi connectivity index (χ4n) is 4.20. The Morgan fingerprint density at radius 1 is 1.07 bits per heavy atom. The second-order valence-corrected chi connectivity index (χ2v) is 7.71. The van der Waals surface area contributed by atoms with Crippen molar-refractivity contribution in [2.24, 2.45) is 0 Å². The molecule has 4 heteroatoms. The number of aryl methyl sites for hydroxylation is 2. The fraction of sp³-hybridized carbons (Fsp3) is 0.435.